The van der Waals surface area contributed by atoms with Crippen LogP contribution in [0.1, 0.15) is 12.5 Å². The number of carbonyl (C=O) groups excluding carboxylic acids is 3. The molecule has 2 N–H and O–H groups in total. The third-order valence-electron chi connectivity index (χ3n) is 4.97. The summed E-state index contributed by atoms with van der Waals surface area (Å²) in [6.45, 7) is 4.11. The van der Waals surface area contributed by atoms with E-state index in [4.69, 9.17) is 18.9 Å². The van der Waals surface area contributed by atoms with Crippen molar-refractivity contribution in [3.8, 4) is 17.2 Å². The summed E-state index contributed by atoms with van der Waals surface area (Å²) in [5.41, 5.74) is 3.18. The third kappa shape index (κ3) is 7.68. The molecule has 3 amide bonds. The fourth-order valence-electron chi connectivity index (χ4n) is 3.18. The molecule has 12 heteroatoms. The maximum Gasteiger partial charge on any atom is 0.329 e. The summed E-state index contributed by atoms with van der Waals surface area (Å²) in [7, 11) is 1.53. The highest BCUT2D eigenvalue weighted by Gasteiger charge is 2.19. The molecule has 192 valence electrons. The fraction of sp³-hybridized carbons (Fsp3) is 0.333. The Morgan fingerprint density at radius 1 is 1.11 bits per heavy atom. The van der Waals surface area contributed by atoms with E-state index in [2.05, 4.69) is 31.8 Å². The number of anilines is 1. The molecule has 0 radical (unpaired) electrons. The van der Waals surface area contributed by atoms with Crippen molar-refractivity contribution in [1.82, 2.24) is 10.3 Å². The lowest BCUT2D eigenvalue weighted by Gasteiger charge is -2.27. The first-order valence-electron chi connectivity index (χ1n) is 11.1. The molecule has 11 nitrogen and oxygen atoms in total. The van der Waals surface area contributed by atoms with E-state index in [-0.39, 0.29) is 12.5 Å². The second-order valence-electron chi connectivity index (χ2n) is 7.43. The number of hydrogen-bond acceptors (Lipinski definition) is 8. The average molecular weight is 563 g/mol. The summed E-state index contributed by atoms with van der Waals surface area (Å²) in [6.07, 6.45) is 1.36. The van der Waals surface area contributed by atoms with E-state index in [1.807, 2.05) is 6.92 Å². The Kier molecular flexibility index (Phi) is 10.1. The molecule has 1 aliphatic heterocycles. The van der Waals surface area contributed by atoms with Gasteiger partial charge in [0.2, 0.25) is 0 Å². The average Bonchev–Trinajstić information content (AvgIpc) is 2.89. The van der Waals surface area contributed by atoms with Crippen molar-refractivity contribution >= 4 is 45.6 Å². The smallest absolute Gasteiger partial charge is 0.329 e. The van der Waals surface area contributed by atoms with Gasteiger partial charge in [0.1, 0.15) is 5.75 Å². The first-order valence-corrected chi connectivity index (χ1v) is 11.9. The van der Waals surface area contributed by atoms with Crippen LogP contribution in [0.15, 0.2) is 46.0 Å². The number of carbonyl (C=O) groups is 3. The van der Waals surface area contributed by atoms with Crippen LogP contribution in [0.4, 0.5) is 5.69 Å². The van der Waals surface area contributed by atoms with Crippen LogP contribution in [0.5, 0.6) is 17.2 Å². The number of methoxy groups -OCH3 is 1. The van der Waals surface area contributed by atoms with Crippen LogP contribution in [-0.2, 0) is 19.1 Å². The molecule has 2 aromatic rings. The van der Waals surface area contributed by atoms with E-state index in [0.29, 0.717) is 65.9 Å². The molecule has 0 unspecified atom stereocenters. The van der Waals surface area contributed by atoms with Crippen LogP contribution in [0.3, 0.4) is 0 Å². The van der Waals surface area contributed by atoms with Gasteiger partial charge in [0, 0.05) is 18.8 Å². The lowest BCUT2D eigenvalue weighted by molar-refractivity contribution is -0.137. The van der Waals surface area contributed by atoms with Crippen molar-refractivity contribution in [3.63, 3.8) is 0 Å². The Bertz CT molecular complexity index is 1100. The van der Waals surface area contributed by atoms with Gasteiger partial charge < -0.3 is 29.2 Å². The highest BCUT2D eigenvalue weighted by atomic mass is 79.9. The summed E-state index contributed by atoms with van der Waals surface area (Å²) >= 11 is 3.43. The molecule has 0 spiro atoms. The molecule has 36 heavy (non-hydrogen) atoms. The van der Waals surface area contributed by atoms with Crippen LogP contribution in [0.25, 0.3) is 0 Å². The zero-order chi connectivity index (χ0) is 25.9. The number of amides is 3. The molecule has 0 atom stereocenters. The number of nitrogens with zero attached hydrogens (tertiary/aromatic N) is 2. The minimum Gasteiger partial charge on any atom is -0.497 e. The Morgan fingerprint density at radius 3 is 2.50 bits per heavy atom. The number of ether oxygens (including phenoxy) is 4. The van der Waals surface area contributed by atoms with Gasteiger partial charge in [-0.25, -0.2) is 5.43 Å². The lowest BCUT2D eigenvalue weighted by Crippen LogP contribution is -2.43. The molecule has 0 aliphatic carbocycles. The van der Waals surface area contributed by atoms with Crippen LogP contribution in [0.2, 0.25) is 0 Å². The van der Waals surface area contributed by atoms with Crippen molar-refractivity contribution in [2.75, 3.05) is 51.9 Å². The van der Waals surface area contributed by atoms with Gasteiger partial charge in [-0.1, -0.05) is 0 Å². The van der Waals surface area contributed by atoms with Crippen LogP contribution in [0, 0.1) is 0 Å². The molecular formula is C24H27BrN4O7. The van der Waals surface area contributed by atoms with Gasteiger partial charge in [0.25, 0.3) is 5.91 Å². The minimum absolute atomic E-state index is 0.145. The topological polar surface area (TPSA) is 128 Å². The molecule has 0 saturated carbocycles. The number of hydrazone groups is 1. The number of nitrogens with one attached hydrogen (secondary N) is 2. The number of benzene rings is 2. The molecule has 1 fully saturated rings. The van der Waals surface area contributed by atoms with E-state index < -0.39 is 11.8 Å². The van der Waals surface area contributed by atoms with Gasteiger partial charge >= 0.3 is 11.8 Å². The molecule has 0 bridgehead atoms. The zero-order valence-corrected chi connectivity index (χ0v) is 21.5. The van der Waals surface area contributed by atoms with Crippen LogP contribution < -0.4 is 25.0 Å². The number of morpholine rings is 1. The minimum atomic E-state index is -0.937. The van der Waals surface area contributed by atoms with Crippen LogP contribution in [-0.4, -0.2) is 75.5 Å². The normalized spacial score (nSPS) is 13.2. The van der Waals surface area contributed by atoms with E-state index in [1.54, 1.807) is 41.3 Å². The van der Waals surface area contributed by atoms with Crippen molar-refractivity contribution in [3.05, 3.63) is 46.4 Å². The second-order valence-corrected chi connectivity index (χ2v) is 8.28. The predicted molar refractivity (Wildman–Crippen MR) is 136 cm³/mol. The second kappa shape index (κ2) is 13.4. The highest BCUT2D eigenvalue weighted by molar-refractivity contribution is 9.10. The van der Waals surface area contributed by atoms with Crippen molar-refractivity contribution in [2.24, 2.45) is 5.10 Å². The molecule has 1 saturated heterocycles. The van der Waals surface area contributed by atoms with Crippen molar-refractivity contribution in [2.45, 2.75) is 6.92 Å². The summed E-state index contributed by atoms with van der Waals surface area (Å²) < 4.78 is 22.3. The van der Waals surface area contributed by atoms with Crippen molar-refractivity contribution in [1.29, 1.82) is 0 Å². The Hall–Kier alpha value is -3.64. The Morgan fingerprint density at radius 2 is 1.83 bits per heavy atom. The van der Waals surface area contributed by atoms with E-state index in [9.17, 15) is 14.4 Å². The zero-order valence-electron chi connectivity index (χ0n) is 19.9. The lowest BCUT2D eigenvalue weighted by atomic mass is 10.2. The molecular weight excluding hydrogens is 536 g/mol. The monoisotopic (exact) mass is 562 g/mol. The van der Waals surface area contributed by atoms with Gasteiger partial charge in [-0.2, -0.15) is 5.10 Å². The summed E-state index contributed by atoms with van der Waals surface area (Å²) in [6, 6.07) is 9.87. The molecule has 0 aromatic heterocycles. The van der Waals surface area contributed by atoms with Gasteiger partial charge in [-0.05, 0) is 64.8 Å². The molecule has 1 heterocycles. The number of rotatable bonds is 9. The molecule has 2 aromatic carbocycles. The van der Waals surface area contributed by atoms with Gasteiger partial charge in [0.05, 0.1) is 37.6 Å². The maximum absolute atomic E-state index is 12.4. The predicted octanol–water partition coefficient (Wildman–Crippen LogP) is 2.18. The summed E-state index contributed by atoms with van der Waals surface area (Å²) in [5.74, 6) is -0.561. The SMILES string of the molecule is CCOc1cc(/C=N\NC(=O)C(=O)Nc2ccc(OC)cc2)cc(Br)c1OCC(=O)N1CCOCC1. The fourth-order valence-corrected chi connectivity index (χ4v) is 3.76. The van der Waals surface area contributed by atoms with Gasteiger partial charge in [0.15, 0.2) is 18.1 Å². The van der Waals surface area contributed by atoms with E-state index in [0.717, 1.165) is 0 Å². The quantitative estimate of drug-likeness (QED) is 0.272. The first-order chi connectivity index (χ1) is 17.4. The molecule has 3 rings (SSSR count). The van der Waals surface area contributed by atoms with Crippen molar-refractivity contribution < 1.29 is 33.3 Å². The Labute approximate surface area is 216 Å². The van der Waals surface area contributed by atoms with Gasteiger partial charge in [-0.3, -0.25) is 14.4 Å². The third-order valence-corrected chi connectivity index (χ3v) is 5.56. The van der Waals surface area contributed by atoms with E-state index >= 15 is 0 Å². The van der Waals surface area contributed by atoms with Gasteiger partial charge in [-0.15, -0.1) is 0 Å². The number of hydrogen-bond donors (Lipinski definition) is 2. The summed E-state index contributed by atoms with van der Waals surface area (Å²) in [5, 5.41) is 6.31. The summed E-state index contributed by atoms with van der Waals surface area (Å²) in [4.78, 5) is 38.2. The first kappa shape index (κ1) is 27.0. The largest absolute Gasteiger partial charge is 0.497 e. The standard InChI is InChI=1S/C24H27BrN4O7/c1-3-35-20-13-16(12-19(25)22(20)36-15-21(30)29-8-10-34-11-9-29)14-26-28-24(32)23(31)27-17-4-6-18(33-2)7-5-17/h4-7,12-14H,3,8-11,15H2,1-2H3,(H,27,31)(H,28,32)/b26-14-. The maximum atomic E-state index is 12.4. The Balaban J connectivity index is 1.59. The number of halogens is 1. The van der Waals surface area contributed by atoms with E-state index in [1.165, 1.54) is 13.3 Å². The molecule has 1 aliphatic rings. The highest BCUT2D eigenvalue weighted by Crippen LogP contribution is 2.36. The van der Waals surface area contributed by atoms with Crippen LogP contribution >= 0.6 is 15.9 Å².